The molecule has 2 atom stereocenters. The van der Waals surface area contributed by atoms with Gasteiger partial charge in [0.2, 0.25) is 0 Å². The first-order chi connectivity index (χ1) is 35.5. The largest absolute Gasteiger partial charge is 0.311 e. The maximum Gasteiger partial charge on any atom is 0.0720 e. The van der Waals surface area contributed by atoms with E-state index in [-0.39, 0.29) is 17.3 Å². The van der Waals surface area contributed by atoms with E-state index in [1.54, 1.807) is 0 Å². The van der Waals surface area contributed by atoms with Gasteiger partial charge >= 0.3 is 0 Å². The number of allylic oxidation sites excluding steroid dienone is 7. The molecular formula is C71H51N. The number of rotatable bonds is 5. The zero-order chi connectivity index (χ0) is 47.8. The van der Waals surface area contributed by atoms with Gasteiger partial charge in [-0.2, -0.15) is 0 Å². The molecule has 0 bridgehead atoms. The monoisotopic (exact) mass is 917 g/mol. The summed E-state index contributed by atoms with van der Waals surface area (Å²) in [6, 6.07) is 83.1. The molecule has 72 heavy (non-hydrogen) atoms. The van der Waals surface area contributed by atoms with Gasteiger partial charge in [0.05, 0.1) is 10.8 Å². The van der Waals surface area contributed by atoms with Crippen LogP contribution in [0, 0.1) is 11.8 Å². The first-order valence-electron chi connectivity index (χ1n) is 25.7. The minimum Gasteiger partial charge on any atom is -0.311 e. The van der Waals surface area contributed by atoms with Crippen molar-refractivity contribution < 1.29 is 0 Å². The summed E-state index contributed by atoms with van der Waals surface area (Å²) < 4.78 is 0. The summed E-state index contributed by atoms with van der Waals surface area (Å²) in [6.45, 7) is 4.79. The Morgan fingerprint density at radius 3 is 1.42 bits per heavy atom. The Bertz CT molecular complexity index is 3940. The highest BCUT2D eigenvalue weighted by atomic mass is 15.1. The molecule has 15 rings (SSSR count). The Kier molecular flexibility index (Phi) is 8.74. The number of hydrogen-bond donors (Lipinski definition) is 0. The van der Waals surface area contributed by atoms with Crippen LogP contribution in [0.2, 0.25) is 0 Å². The minimum atomic E-state index is -0.622. The summed E-state index contributed by atoms with van der Waals surface area (Å²) in [5.41, 5.74) is 23.3. The fourth-order valence-electron chi connectivity index (χ4n) is 14.5. The third kappa shape index (κ3) is 5.38. The number of benzene rings is 9. The molecule has 6 aliphatic rings. The topological polar surface area (TPSA) is 3.24 Å². The first kappa shape index (κ1) is 41.3. The summed E-state index contributed by atoms with van der Waals surface area (Å²) >= 11 is 0. The Labute approximate surface area is 422 Å². The van der Waals surface area contributed by atoms with Gasteiger partial charge in [0, 0.05) is 34.3 Å². The van der Waals surface area contributed by atoms with E-state index in [4.69, 9.17) is 0 Å². The van der Waals surface area contributed by atoms with Gasteiger partial charge in [0.25, 0.3) is 0 Å². The van der Waals surface area contributed by atoms with Gasteiger partial charge in [-0.15, -0.1) is 0 Å². The molecule has 0 saturated carbocycles. The highest BCUT2D eigenvalue weighted by Gasteiger charge is 2.57. The van der Waals surface area contributed by atoms with Gasteiger partial charge in [0.1, 0.15) is 0 Å². The summed E-state index contributed by atoms with van der Waals surface area (Å²) in [5.74, 6) is 0.401. The quantitative estimate of drug-likeness (QED) is 0.166. The Balaban J connectivity index is 1.00. The standard InChI is InChI=1S/C71H51N/c1-69(2)61-31-15-13-29-56(61)58-41-38-49(44-67(58)69)72(48-37-40-55-53-27-10-9-25-51(53)52-26-11-12-28-54(52)60(55)43-48)50-39-42-59-57-30-14-16-32-62(57)71(68(59)45-50)65-35-19-17-33-63(65)70(46-21-5-3-6-22-46,47-23-7-4-8-24-47)64-34-18-20-36-66(64)71/h3-45,54,60H,1-2H3. The van der Waals surface area contributed by atoms with Crippen LogP contribution >= 0.6 is 0 Å². The van der Waals surface area contributed by atoms with Crippen molar-refractivity contribution in [3.63, 3.8) is 0 Å². The van der Waals surface area contributed by atoms with Gasteiger partial charge in [-0.25, -0.2) is 0 Å². The molecule has 0 fully saturated rings. The van der Waals surface area contributed by atoms with Gasteiger partial charge in [0.15, 0.2) is 0 Å². The van der Waals surface area contributed by atoms with E-state index in [1.165, 1.54) is 105 Å². The summed E-state index contributed by atoms with van der Waals surface area (Å²) in [7, 11) is 0. The number of nitrogens with zero attached hydrogens (tertiary/aromatic N) is 1. The molecule has 9 aromatic carbocycles. The molecule has 0 saturated heterocycles. The fourth-order valence-corrected chi connectivity index (χ4v) is 14.5. The SMILES string of the molecule is CC1(C)c2ccccc2-c2ccc(N(C3=CC4C(=c5ccccc5=C5C=CC=CC54)C=C3)c3ccc4c(c3)C3(c5ccccc5-4)c4ccccc4C(c4ccccc4)(c4ccccc4)c4ccccc43)cc21. The molecular weight excluding hydrogens is 867 g/mol. The van der Waals surface area contributed by atoms with Crippen LogP contribution in [0.15, 0.2) is 267 Å². The van der Waals surface area contributed by atoms with Crippen molar-refractivity contribution in [3.05, 3.63) is 333 Å². The Morgan fingerprint density at radius 1 is 0.347 bits per heavy atom. The summed E-state index contributed by atoms with van der Waals surface area (Å²) in [6.07, 6.45) is 16.6. The number of hydrogen-bond acceptors (Lipinski definition) is 1. The molecule has 340 valence electrons. The lowest BCUT2D eigenvalue weighted by molar-refractivity contribution is 0.623. The molecule has 0 heterocycles. The second-order valence-corrected chi connectivity index (χ2v) is 21.0. The first-order valence-corrected chi connectivity index (χ1v) is 25.7. The molecule has 0 aromatic heterocycles. The minimum absolute atomic E-state index is 0.162. The van der Waals surface area contributed by atoms with Gasteiger partial charge in [-0.1, -0.05) is 244 Å². The van der Waals surface area contributed by atoms with Crippen LogP contribution in [0.4, 0.5) is 11.4 Å². The Morgan fingerprint density at radius 2 is 0.806 bits per heavy atom. The molecule has 2 unspecified atom stereocenters. The zero-order valence-electron chi connectivity index (χ0n) is 40.4. The highest BCUT2D eigenvalue weighted by Crippen LogP contribution is 2.65. The van der Waals surface area contributed by atoms with Gasteiger partial charge in [-0.3, -0.25) is 0 Å². The van der Waals surface area contributed by atoms with E-state index in [0.717, 1.165) is 11.4 Å². The lowest BCUT2D eigenvalue weighted by Gasteiger charge is -2.50. The molecule has 0 aliphatic heterocycles. The molecule has 0 radical (unpaired) electrons. The van der Waals surface area contributed by atoms with Crippen LogP contribution in [-0.2, 0) is 16.2 Å². The van der Waals surface area contributed by atoms with Crippen LogP contribution < -0.4 is 15.3 Å². The molecule has 1 nitrogen and oxygen atoms in total. The maximum absolute atomic E-state index is 2.57. The van der Waals surface area contributed by atoms with Crippen molar-refractivity contribution in [2.45, 2.75) is 30.1 Å². The van der Waals surface area contributed by atoms with E-state index >= 15 is 0 Å². The van der Waals surface area contributed by atoms with Crippen LogP contribution in [-0.4, -0.2) is 0 Å². The smallest absolute Gasteiger partial charge is 0.0720 e. The second-order valence-electron chi connectivity index (χ2n) is 21.0. The molecule has 1 spiro atoms. The van der Waals surface area contributed by atoms with Crippen LogP contribution in [0.3, 0.4) is 0 Å². The van der Waals surface area contributed by atoms with E-state index in [0.29, 0.717) is 0 Å². The van der Waals surface area contributed by atoms with E-state index in [1.807, 2.05) is 0 Å². The Hall–Kier alpha value is -8.52. The van der Waals surface area contributed by atoms with E-state index in [2.05, 4.69) is 280 Å². The summed E-state index contributed by atoms with van der Waals surface area (Å²) in [4.78, 5) is 2.57. The average molecular weight is 918 g/mol. The predicted octanol–water partition coefficient (Wildman–Crippen LogP) is 15.0. The molecule has 0 amide bonds. The lowest BCUT2D eigenvalue weighted by atomic mass is 9.51. The number of anilines is 2. The van der Waals surface area contributed by atoms with Crippen molar-refractivity contribution in [2.75, 3.05) is 4.90 Å². The van der Waals surface area contributed by atoms with Gasteiger partial charge < -0.3 is 4.90 Å². The molecule has 9 aromatic rings. The van der Waals surface area contributed by atoms with Crippen LogP contribution in [0.5, 0.6) is 0 Å². The van der Waals surface area contributed by atoms with E-state index < -0.39 is 10.8 Å². The van der Waals surface area contributed by atoms with Crippen LogP contribution in [0.1, 0.15) is 69.5 Å². The second kappa shape index (κ2) is 15.2. The van der Waals surface area contributed by atoms with Crippen molar-refractivity contribution in [3.8, 4) is 22.3 Å². The average Bonchev–Trinajstić information content (AvgIpc) is 3.86. The third-order valence-corrected chi connectivity index (χ3v) is 17.4. The van der Waals surface area contributed by atoms with Gasteiger partial charge in [-0.05, 0) is 130 Å². The third-order valence-electron chi connectivity index (χ3n) is 17.4. The maximum atomic E-state index is 2.57. The normalized spacial score (nSPS) is 18.9. The van der Waals surface area contributed by atoms with E-state index in [9.17, 15) is 0 Å². The van der Waals surface area contributed by atoms with Crippen molar-refractivity contribution in [1.29, 1.82) is 0 Å². The predicted molar refractivity (Wildman–Crippen MR) is 297 cm³/mol. The zero-order valence-corrected chi connectivity index (χ0v) is 40.4. The lowest BCUT2D eigenvalue weighted by Crippen LogP contribution is -2.44. The van der Waals surface area contributed by atoms with Crippen molar-refractivity contribution in [1.82, 2.24) is 0 Å². The van der Waals surface area contributed by atoms with Crippen LogP contribution in [0.25, 0.3) is 33.4 Å². The molecule has 0 N–H and O–H groups in total. The number of fused-ring (bicyclic) bond motifs is 16. The highest BCUT2D eigenvalue weighted by molar-refractivity contribution is 5.93. The van der Waals surface area contributed by atoms with Crippen molar-refractivity contribution in [2.24, 2.45) is 11.8 Å². The summed E-state index contributed by atoms with van der Waals surface area (Å²) in [5, 5.41) is 2.67. The molecule has 1 heteroatoms. The molecule has 6 aliphatic carbocycles. The fraction of sp³-hybridized carbons (Fsp3) is 0.0986. The van der Waals surface area contributed by atoms with Crippen molar-refractivity contribution >= 4 is 22.5 Å².